The second kappa shape index (κ2) is 10.1. The van der Waals surface area contributed by atoms with Gasteiger partial charge in [0, 0.05) is 18.8 Å². The molecular formula is C29H31FN2O2. The molecule has 2 aliphatic rings. The molecule has 2 heterocycles. The third-order valence-corrected chi connectivity index (χ3v) is 7.01. The van der Waals surface area contributed by atoms with Gasteiger partial charge in [-0.25, -0.2) is 4.39 Å². The number of rotatable bonds is 7. The van der Waals surface area contributed by atoms with Crippen LogP contribution in [0.4, 0.5) is 10.1 Å². The van der Waals surface area contributed by atoms with Crippen LogP contribution in [0.25, 0.3) is 0 Å². The Labute approximate surface area is 201 Å². The molecule has 2 aliphatic heterocycles. The quantitative estimate of drug-likeness (QED) is 0.454. The zero-order chi connectivity index (χ0) is 23.5. The molecule has 0 N–H and O–H groups in total. The van der Waals surface area contributed by atoms with Gasteiger partial charge in [0.1, 0.15) is 11.9 Å². The van der Waals surface area contributed by atoms with Crippen LogP contribution in [0.2, 0.25) is 0 Å². The van der Waals surface area contributed by atoms with Crippen LogP contribution in [0.1, 0.15) is 49.0 Å². The van der Waals surface area contributed by atoms with E-state index in [0.717, 1.165) is 54.7 Å². The Morgan fingerprint density at radius 3 is 2.15 bits per heavy atom. The second-order valence-electron chi connectivity index (χ2n) is 9.18. The summed E-state index contributed by atoms with van der Waals surface area (Å²) in [5.41, 5.74) is 3.96. The molecule has 0 radical (unpaired) electrons. The van der Waals surface area contributed by atoms with Gasteiger partial charge in [0.2, 0.25) is 5.91 Å². The average Bonchev–Trinajstić information content (AvgIpc) is 3.19. The number of carbonyl (C=O) groups excluding carboxylic acids is 1. The number of hydrogen-bond acceptors (Lipinski definition) is 3. The van der Waals surface area contributed by atoms with Gasteiger partial charge in [-0.1, -0.05) is 67.6 Å². The van der Waals surface area contributed by atoms with Crippen LogP contribution in [-0.2, 0) is 16.0 Å². The number of ether oxygens (including phenoxy) is 1. The third-order valence-electron chi connectivity index (χ3n) is 7.01. The number of likely N-dealkylation sites (tertiary alicyclic amines) is 1. The van der Waals surface area contributed by atoms with Crippen LogP contribution in [0.3, 0.4) is 0 Å². The van der Waals surface area contributed by atoms with Crippen molar-refractivity contribution in [3.05, 3.63) is 101 Å². The Morgan fingerprint density at radius 2 is 1.56 bits per heavy atom. The number of amides is 1. The van der Waals surface area contributed by atoms with Gasteiger partial charge in [0.25, 0.3) is 0 Å². The molecular weight excluding hydrogens is 427 g/mol. The Balaban J connectivity index is 1.28. The van der Waals surface area contributed by atoms with Crippen molar-refractivity contribution < 1.29 is 13.9 Å². The van der Waals surface area contributed by atoms with E-state index in [1.807, 2.05) is 17.0 Å². The number of hydrogen-bond donors (Lipinski definition) is 0. The Bertz CT molecular complexity index is 1070. The molecule has 34 heavy (non-hydrogen) atoms. The van der Waals surface area contributed by atoms with E-state index >= 15 is 0 Å². The summed E-state index contributed by atoms with van der Waals surface area (Å²) in [5, 5.41) is 0. The standard InChI is InChI=1S/C29H31FN2O2/c1-2-27(32-26-14-13-24(30)19-23(26)20-28(32)33)31-17-15-25(16-18-31)34-29(21-9-5-3-6-10-21)22-11-7-4-8-12-22/h3-14,19,25,27,29H,2,15-18,20H2,1H3. The molecule has 0 aromatic heterocycles. The van der Waals surface area contributed by atoms with Gasteiger partial charge in [-0.2, -0.15) is 0 Å². The van der Waals surface area contributed by atoms with Crippen molar-refractivity contribution in [1.82, 2.24) is 4.90 Å². The molecule has 5 rings (SSSR count). The van der Waals surface area contributed by atoms with Crippen LogP contribution in [0.15, 0.2) is 78.9 Å². The highest BCUT2D eigenvalue weighted by Crippen LogP contribution is 2.35. The van der Waals surface area contributed by atoms with Gasteiger partial charge in [-0.15, -0.1) is 0 Å². The van der Waals surface area contributed by atoms with Crippen molar-refractivity contribution in [1.29, 1.82) is 0 Å². The molecule has 1 amide bonds. The predicted molar refractivity (Wildman–Crippen MR) is 132 cm³/mol. The largest absolute Gasteiger partial charge is 0.365 e. The summed E-state index contributed by atoms with van der Waals surface area (Å²) in [7, 11) is 0. The first kappa shape index (κ1) is 22.8. The van der Waals surface area contributed by atoms with Crippen molar-refractivity contribution in [3.8, 4) is 0 Å². The fraction of sp³-hybridized carbons (Fsp3) is 0.345. The summed E-state index contributed by atoms with van der Waals surface area (Å²) in [4.78, 5) is 17.1. The first-order valence-corrected chi connectivity index (χ1v) is 12.2. The summed E-state index contributed by atoms with van der Waals surface area (Å²) in [6, 6.07) is 25.5. The monoisotopic (exact) mass is 458 g/mol. The summed E-state index contributed by atoms with van der Waals surface area (Å²) in [5.74, 6) is -0.232. The average molecular weight is 459 g/mol. The van der Waals surface area contributed by atoms with E-state index in [1.165, 1.54) is 12.1 Å². The smallest absolute Gasteiger partial charge is 0.232 e. The van der Waals surface area contributed by atoms with Crippen molar-refractivity contribution in [2.45, 2.75) is 51.0 Å². The third kappa shape index (κ3) is 4.63. The number of benzene rings is 3. The maximum Gasteiger partial charge on any atom is 0.232 e. The second-order valence-corrected chi connectivity index (χ2v) is 9.18. The van der Waals surface area contributed by atoms with Gasteiger partial charge in [0.05, 0.1) is 18.7 Å². The van der Waals surface area contributed by atoms with Crippen LogP contribution < -0.4 is 4.90 Å². The molecule has 0 spiro atoms. The van der Waals surface area contributed by atoms with Gasteiger partial charge in [0.15, 0.2) is 0 Å². The number of fused-ring (bicyclic) bond motifs is 1. The van der Waals surface area contributed by atoms with E-state index in [4.69, 9.17) is 4.74 Å². The van der Waals surface area contributed by atoms with Gasteiger partial charge in [-0.3, -0.25) is 14.6 Å². The van der Waals surface area contributed by atoms with E-state index < -0.39 is 0 Å². The molecule has 1 atom stereocenters. The topological polar surface area (TPSA) is 32.8 Å². The summed E-state index contributed by atoms with van der Waals surface area (Å²) < 4.78 is 20.4. The molecule has 176 valence electrons. The highest BCUT2D eigenvalue weighted by atomic mass is 19.1. The van der Waals surface area contributed by atoms with Crippen molar-refractivity contribution in [3.63, 3.8) is 0 Å². The molecule has 0 aliphatic carbocycles. The maximum atomic E-state index is 13.7. The molecule has 3 aromatic carbocycles. The summed E-state index contributed by atoms with van der Waals surface area (Å²) in [6.07, 6.45) is 2.96. The Hall–Kier alpha value is -3.02. The van der Waals surface area contributed by atoms with E-state index in [1.54, 1.807) is 6.07 Å². The van der Waals surface area contributed by atoms with Crippen molar-refractivity contribution in [2.75, 3.05) is 18.0 Å². The fourth-order valence-electron chi connectivity index (χ4n) is 5.35. The van der Waals surface area contributed by atoms with Crippen LogP contribution in [-0.4, -0.2) is 36.2 Å². The summed E-state index contributed by atoms with van der Waals surface area (Å²) in [6.45, 7) is 3.84. The lowest BCUT2D eigenvalue weighted by atomic mass is 10.00. The molecule has 0 saturated carbocycles. The van der Waals surface area contributed by atoms with Gasteiger partial charge >= 0.3 is 0 Å². The lowest BCUT2D eigenvalue weighted by Gasteiger charge is -2.42. The zero-order valence-corrected chi connectivity index (χ0v) is 19.6. The fourth-order valence-corrected chi connectivity index (χ4v) is 5.35. The van der Waals surface area contributed by atoms with Crippen molar-refractivity contribution >= 4 is 11.6 Å². The van der Waals surface area contributed by atoms with Crippen molar-refractivity contribution in [2.24, 2.45) is 0 Å². The number of halogens is 1. The molecule has 1 fully saturated rings. The van der Waals surface area contributed by atoms with E-state index in [9.17, 15) is 9.18 Å². The highest BCUT2D eigenvalue weighted by Gasteiger charge is 2.37. The molecule has 0 bridgehead atoms. The number of anilines is 1. The normalized spacial score (nSPS) is 17.9. The number of nitrogens with zero attached hydrogens (tertiary/aromatic N) is 2. The zero-order valence-electron chi connectivity index (χ0n) is 19.6. The van der Waals surface area contributed by atoms with Gasteiger partial charge < -0.3 is 4.74 Å². The van der Waals surface area contributed by atoms with E-state index in [2.05, 4.69) is 60.4 Å². The Morgan fingerprint density at radius 1 is 0.941 bits per heavy atom. The lowest BCUT2D eigenvalue weighted by molar-refractivity contribution is -0.119. The lowest BCUT2D eigenvalue weighted by Crippen LogP contribution is -2.53. The minimum atomic E-state index is -0.286. The first-order valence-electron chi connectivity index (χ1n) is 12.2. The molecule has 4 nitrogen and oxygen atoms in total. The number of piperidine rings is 1. The molecule has 1 saturated heterocycles. The summed E-state index contributed by atoms with van der Waals surface area (Å²) >= 11 is 0. The minimum Gasteiger partial charge on any atom is -0.365 e. The predicted octanol–water partition coefficient (Wildman–Crippen LogP) is 5.72. The molecule has 1 unspecified atom stereocenters. The minimum absolute atomic E-state index is 0.0146. The molecule has 5 heteroatoms. The maximum absolute atomic E-state index is 13.7. The Kier molecular flexibility index (Phi) is 6.75. The van der Waals surface area contributed by atoms with E-state index in [-0.39, 0.29) is 36.5 Å². The van der Waals surface area contributed by atoms with Crippen LogP contribution in [0, 0.1) is 5.82 Å². The SMILES string of the molecule is CCC(N1CCC(OC(c2ccccc2)c2ccccc2)CC1)N1C(=O)Cc2cc(F)ccc21. The van der Waals surface area contributed by atoms with E-state index in [0.29, 0.717) is 0 Å². The molecule has 3 aromatic rings. The van der Waals surface area contributed by atoms with Crippen LogP contribution in [0.5, 0.6) is 0 Å². The van der Waals surface area contributed by atoms with Crippen LogP contribution >= 0.6 is 0 Å². The van der Waals surface area contributed by atoms with Gasteiger partial charge in [-0.05, 0) is 54.2 Å². The number of carbonyl (C=O) groups is 1. The highest BCUT2D eigenvalue weighted by molar-refractivity contribution is 6.01. The first-order chi connectivity index (χ1) is 16.6.